The summed E-state index contributed by atoms with van der Waals surface area (Å²) in [6, 6.07) is 13.0. The summed E-state index contributed by atoms with van der Waals surface area (Å²) in [4.78, 5) is 0. The van der Waals surface area contributed by atoms with Crippen molar-refractivity contribution in [2.75, 3.05) is 14.2 Å². The number of rotatable bonds is 5. The first-order valence-corrected chi connectivity index (χ1v) is 7.19. The highest BCUT2D eigenvalue weighted by Crippen LogP contribution is 2.28. The number of para-hydroxylation sites is 1. The third-order valence-electron chi connectivity index (χ3n) is 3.32. The molecule has 2 aromatic carbocycles. The Bertz CT molecular complexity index is 588. The van der Waals surface area contributed by atoms with Crippen molar-refractivity contribution in [1.29, 1.82) is 0 Å². The van der Waals surface area contributed by atoms with Crippen molar-refractivity contribution in [2.24, 2.45) is 0 Å². The molecule has 1 atom stereocenters. The summed E-state index contributed by atoms with van der Waals surface area (Å²) in [5.74, 6) is 0.602. The van der Waals surface area contributed by atoms with Crippen LogP contribution in [0.25, 0.3) is 0 Å². The van der Waals surface area contributed by atoms with E-state index in [2.05, 4.69) is 21.2 Å². The molecule has 20 heavy (non-hydrogen) atoms. The van der Waals surface area contributed by atoms with Gasteiger partial charge in [-0.3, -0.25) is 0 Å². The second-order valence-corrected chi connectivity index (χ2v) is 5.35. The molecule has 0 saturated heterocycles. The monoisotopic (exact) mass is 337 g/mol. The lowest BCUT2D eigenvalue weighted by molar-refractivity contribution is 0.406. The SMILES string of the molecule is CNC(Cc1ccccc1OC)c1cccc(Br)c1F. The van der Waals surface area contributed by atoms with Gasteiger partial charge in [0.05, 0.1) is 11.6 Å². The fourth-order valence-corrected chi connectivity index (χ4v) is 2.63. The number of hydrogen-bond acceptors (Lipinski definition) is 2. The molecule has 1 unspecified atom stereocenters. The third-order valence-corrected chi connectivity index (χ3v) is 3.93. The largest absolute Gasteiger partial charge is 0.496 e. The van der Waals surface area contributed by atoms with Crippen molar-refractivity contribution >= 4 is 15.9 Å². The van der Waals surface area contributed by atoms with E-state index in [4.69, 9.17) is 4.74 Å². The third kappa shape index (κ3) is 3.19. The summed E-state index contributed by atoms with van der Waals surface area (Å²) in [6.45, 7) is 0. The number of halogens is 2. The summed E-state index contributed by atoms with van der Waals surface area (Å²) in [7, 11) is 3.48. The first-order valence-electron chi connectivity index (χ1n) is 6.40. The molecule has 0 heterocycles. The number of nitrogens with one attached hydrogen (secondary N) is 1. The first kappa shape index (κ1) is 15.0. The minimum Gasteiger partial charge on any atom is -0.496 e. The average Bonchev–Trinajstić information content (AvgIpc) is 2.48. The molecule has 0 aliphatic carbocycles. The quantitative estimate of drug-likeness (QED) is 0.886. The average molecular weight is 338 g/mol. The van der Waals surface area contributed by atoms with E-state index in [1.54, 1.807) is 19.2 Å². The molecule has 0 amide bonds. The minimum absolute atomic E-state index is 0.108. The zero-order valence-electron chi connectivity index (χ0n) is 11.5. The van der Waals surface area contributed by atoms with Gasteiger partial charge < -0.3 is 10.1 Å². The van der Waals surface area contributed by atoms with E-state index in [1.165, 1.54) is 0 Å². The van der Waals surface area contributed by atoms with Gasteiger partial charge in [-0.15, -0.1) is 0 Å². The van der Waals surface area contributed by atoms with E-state index >= 15 is 0 Å². The van der Waals surface area contributed by atoms with Crippen molar-refractivity contribution in [1.82, 2.24) is 5.32 Å². The van der Waals surface area contributed by atoms with Crippen LogP contribution >= 0.6 is 15.9 Å². The van der Waals surface area contributed by atoms with Crippen LogP contribution in [0.15, 0.2) is 46.9 Å². The fourth-order valence-electron chi connectivity index (χ4n) is 2.25. The van der Waals surface area contributed by atoms with Crippen molar-refractivity contribution < 1.29 is 9.13 Å². The van der Waals surface area contributed by atoms with Crippen molar-refractivity contribution in [2.45, 2.75) is 12.5 Å². The summed E-state index contributed by atoms with van der Waals surface area (Å²) in [5, 5.41) is 3.17. The lowest BCUT2D eigenvalue weighted by Gasteiger charge is -2.19. The molecular weight excluding hydrogens is 321 g/mol. The van der Waals surface area contributed by atoms with Crippen LogP contribution in [0.3, 0.4) is 0 Å². The number of likely N-dealkylation sites (N-methyl/N-ethyl adjacent to an activating group) is 1. The van der Waals surface area contributed by atoms with Gasteiger partial charge >= 0.3 is 0 Å². The summed E-state index contributed by atoms with van der Waals surface area (Å²) < 4.78 is 20.0. The summed E-state index contributed by atoms with van der Waals surface area (Å²) in [5.41, 5.74) is 1.70. The topological polar surface area (TPSA) is 21.3 Å². The van der Waals surface area contributed by atoms with Crippen molar-refractivity contribution in [3.63, 3.8) is 0 Å². The molecule has 1 N–H and O–H groups in total. The molecular formula is C16H17BrFNO. The van der Waals surface area contributed by atoms with Gasteiger partial charge in [-0.1, -0.05) is 30.3 Å². The van der Waals surface area contributed by atoms with Crippen molar-refractivity contribution in [3.8, 4) is 5.75 Å². The highest BCUT2D eigenvalue weighted by Gasteiger charge is 2.17. The summed E-state index contributed by atoms with van der Waals surface area (Å²) in [6.07, 6.45) is 0.661. The predicted molar refractivity (Wildman–Crippen MR) is 82.6 cm³/mol. The Labute approximate surface area is 127 Å². The minimum atomic E-state index is -0.221. The Balaban J connectivity index is 2.31. The normalized spacial score (nSPS) is 12.2. The molecule has 106 valence electrons. The second-order valence-electron chi connectivity index (χ2n) is 4.50. The van der Waals surface area contributed by atoms with E-state index in [1.807, 2.05) is 37.4 Å². The number of ether oxygens (including phenoxy) is 1. The molecule has 2 nitrogen and oxygen atoms in total. The van der Waals surface area contributed by atoms with Gasteiger partial charge in [-0.25, -0.2) is 4.39 Å². The van der Waals surface area contributed by atoms with E-state index < -0.39 is 0 Å². The lowest BCUT2D eigenvalue weighted by Crippen LogP contribution is -2.20. The maximum Gasteiger partial charge on any atom is 0.142 e. The molecule has 2 rings (SSSR count). The zero-order chi connectivity index (χ0) is 14.5. The molecule has 0 aliphatic heterocycles. The molecule has 0 radical (unpaired) electrons. The van der Waals surface area contributed by atoms with Crippen LogP contribution in [-0.2, 0) is 6.42 Å². The lowest BCUT2D eigenvalue weighted by atomic mass is 9.98. The molecule has 0 aliphatic rings. The number of methoxy groups -OCH3 is 1. The Morgan fingerprint density at radius 3 is 2.65 bits per heavy atom. The second kappa shape index (κ2) is 6.86. The molecule has 4 heteroatoms. The summed E-state index contributed by atoms with van der Waals surface area (Å²) >= 11 is 3.23. The van der Waals surface area contributed by atoms with Gasteiger partial charge in [0, 0.05) is 11.6 Å². The van der Waals surface area contributed by atoms with Crippen LogP contribution in [-0.4, -0.2) is 14.2 Å². The molecule has 0 spiro atoms. The molecule has 0 saturated carbocycles. The molecule has 2 aromatic rings. The Hall–Kier alpha value is -1.39. The van der Waals surface area contributed by atoms with Gasteiger partial charge in [-0.2, -0.15) is 0 Å². The van der Waals surface area contributed by atoms with E-state index in [0.29, 0.717) is 16.5 Å². The zero-order valence-corrected chi connectivity index (χ0v) is 13.1. The first-order chi connectivity index (χ1) is 9.67. The van der Waals surface area contributed by atoms with Crippen LogP contribution in [0.2, 0.25) is 0 Å². The van der Waals surface area contributed by atoms with Gasteiger partial charge in [0.2, 0.25) is 0 Å². The Kier molecular flexibility index (Phi) is 5.15. The van der Waals surface area contributed by atoms with Crippen LogP contribution in [0.1, 0.15) is 17.2 Å². The van der Waals surface area contributed by atoms with Gasteiger partial charge in [0.25, 0.3) is 0 Å². The maximum absolute atomic E-state index is 14.2. The van der Waals surface area contributed by atoms with E-state index in [0.717, 1.165) is 11.3 Å². The van der Waals surface area contributed by atoms with Gasteiger partial charge in [0.1, 0.15) is 11.6 Å². The highest BCUT2D eigenvalue weighted by molar-refractivity contribution is 9.10. The van der Waals surface area contributed by atoms with Crippen LogP contribution in [0.5, 0.6) is 5.75 Å². The van der Waals surface area contributed by atoms with Crippen LogP contribution in [0, 0.1) is 5.82 Å². The Morgan fingerprint density at radius 1 is 1.20 bits per heavy atom. The smallest absolute Gasteiger partial charge is 0.142 e. The number of hydrogen-bond donors (Lipinski definition) is 1. The maximum atomic E-state index is 14.2. The predicted octanol–water partition coefficient (Wildman–Crippen LogP) is 4.10. The van der Waals surface area contributed by atoms with Crippen molar-refractivity contribution in [3.05, 3.63) is 63.9 Å². The van der Waals surface area contributed by atoms with E-state index in [-0.39, 0.29) is 11.9 Å². The fraction of sp³-hybridized carbons (Fsp3) is 0.250. The van der Waals surface area contributed by atoms with Gasteiger partial charge in [-0.05, 0) is 47.1 Å². The highest BCUT2D eigenvalue weighted by atomic mass is 79.9. The molecule has 0 fully saturated rings. The molecule has 0 aromatic heterocycles. The molecule has 0 bridgehead atoms. The van der Waals surface area contributed by atoms with E-state index in [9.17, 15) is 4.39 Å². The van der Waals surface area contributed by atoms with Gasteiger partial charge in [0.15, 0.2) is 0 Å². The number of benzene rings is 2. The van der Waals surface area contributed by atoms with Crippen LogP contribution < -0.4 is 10.1 Å². The van der Waals surface area contributed by atoms with Crippen LogP contribution in [0.4, 0.5) is 4.39 Å². The Morgan fingerprint density at radius 2 is 1.95 bits per heavy atom. The standard InChI is InChI=1S/C16H17BrFNO/c1-19-14(12-7-5-8-13(17)16(12)18)10-11-6-3-4-9-15(11)20-2/h3-9,14,19H,10H2,1-2H3.